The van der Waals surface area contributed by atoms with Crippen LogP contribution in [0, 0.1) is 17.1 Å². The second kappa shape index (κ2) is 12.4. The van der Waals surface area contributed by atoms with E-state index in [0.717, 1.165) is 16.3 Å². The lowest BCUT2D eigenvalue weighted by atomic mass is 9.99. The maximum atomic E-state index is 14.9. The van der Waals surface area contributed by atoms with Crippen LogP contribution in [0.3, 0.4) is 0 Å². The fourth-order valence-electron chi connectivity index (χ4n) is 4.02. The van der Waals surface area contributed by atoms with Gasteiger partial charge in [-0.3, -0.25) is 4.79 Å². The molecule has 12 heteroatoms. The molecule has 0 saturated heterocycles. The summed E-state index contributed by atoms with van der Waals surface area (Å²) in [5, 5.41) is 15.1. The highest BCUT2D eigenvalue weighted by molar-refractivity contribution is 7.90. The minimum Gasteiger partial charge on any atom is -0.598 e. The van der Waals surface area contributed by atoms with Gasteiger partial charge in [0.2, 0.25) is 0 Å². The molecule has 2 N–H and O–H groups in total. The molecule has 0 bridgehead atoms. The van der Waals surface area contributed by atoms with Gasteiger partial charge < -0.3 is 9.87 Å². The number of aromatic nitrogens is 2. The summed E-state index contributed by atoms with van der Waals surface area (Å²) in [7, 11) is 0. The van der Waals surface area contributed by atoms with E-state index >= 15 is 0 Å². The van der Waals surface area contributed by atoms with Crippen LogP contribution in [0.5, 0.6) is 0 Å². The number of benzene rings is 3. The molecule has 218 valence electrons. The minimum absolute atomic E-state index is 0.0487. The highest BCUT2D eigenvalue weighted by Crippen LogP contribution is 2.31. The van der Waals surface area contributed by atoms with E-state index in [1.807, 2.05) is 57.2 Å². The zero-order chi connectivity index (χ0) is 30.7. The van der Waals surface area contributed by atoms with Crippen molar-refractivity contribution in [2.45, 2.75) is 44.2 Å². The molecule has 1 heterocycles. The molecule has 0 fully saturated rings. The summed E-state index contributed by atoms with van der Waals surface area (Å²) in [6, 6.07) is 20.9. The van der Waals surface area contributed by atoms with E-state index in [0.29, 0.717) is 11.6 Å². The molecule has 1 aromatic heterocycles. The lowest BCUT2D eigenvalue weighted by molar-refractivity contribution is -0.141. The van der Waals surface area contributed by atoms with Crippen molar-refractivity contribution in [3.8, 4) is 11.8 Å². The van der Waals surface area contributed by atoms with Crippen molar-refractivity contribution in [1.82, 2.24) is 14.5 Å². The fraction of sp³-hybridized carbons (Fsp3) is 0.233. The molecule has 0 radical (unpaired) electrons. The molecule has 1 amide bonds. The van der Waals surface area contributed by atoms with Gasteiger partial charge in [0, 0.05) is 17.4 Å². The van der Waals surface area contributed by atoms with Crippen molar-refractivity contribution in [2.75, 3.05) is 5.32 Å². The van der Waals surface area contributed by atoms with Crippen LogP contribution >= 0.6 is 0 Å². The van der Waals surface area contributed by atoms with Gasteiger partial charge >= 0.3 is 6.18 Å². The van der Waals surface area contributed by atoms with Gasteiger partial charge in [0.15, 0.2) is 5.69 Å². The summed E-state index contributed by atoms with van der Waals surface area (Å²) in [6.45, 7) is 5.49. The molecule has 0 aliphatic rings. The summed E-state index contributed by atoms with van der Waals surface area (Å²) >= 11 is -1.43. The first-order valence-corrected chi connectivity index (χ1v) is 13.9. The van der Waals surface area contributed by atoms with Gasteiger partial charge in [0.05, 0.1) is 29.0 Å². The average molecular weight is 598 g/mol. The molecule has 7 nitrogen and oxygen atoms in total. The van der Waals surface area contributed by atoms with Crippen molar-refractivity contribution < 1.29 is 26.9 Å². The minimum atomic E-state index is -4.86. The first kappa shape index (κ1) is 30.8. The fourth-order valence-corrected chi connectivity index (χ4v) is 4.85. The number of hydrogen-bond donors (Lipinski definition) is 2. The van der Waals surface area contributed by atoms with Crippen molar-refractivity contribution in [3.63, 3.8) is 0 Å². The summed E-state index contributed by atoms with van der Waals surface area (Å²) < 4.78 is 71.7. The summed E-state index contributed by atoms with van der Waals surface area (Å²) in [5.41, 5.74) is -0.477. The monoisotopic (exact) mass is 597 g/mol. The van der Waals surface area contributed by atoms with Gasteiger partial charge in [0.25, 0.3) is 5.91 Å². The Morgan fingerprint density at radius 1 is 1.05 bits per heavy atom. The van der Waals surface area contributed by atoms with Gasteiger partial charge in [-0.15, -0.1) is 4.72 Å². The number of carbonyl (C=O) groups is 1. The molecule has 0 spiro atoms. The molecule has 4 rings (SSSR count). The Morgan fingerprint density at radius 3 is 2.40 bits per heavy atom. The third kappa shape index (κ3) is 7.36. The summed E-state index contributed by atoms with van der Waals surface area (Å²) in [6.07, 6.45) is -4.59. The highest BCUT2D eigenvalue weighted by atomic mass is 32.2. The Labute approximate surface area is 243 Å². The zero-order valence-corrected chi connectivity index (χ0v) is 23.7. The van der Waals surface area contributed by atoms with E-state index in [-0.39, 0.29) is 23.4 Å². The van der Waals surface area contributed by atoms with E-state index in [4.69, 9.17) is 0 Å². The number of rotatable bonds is 8. The van der Waals surface area contributed by atoms with Crippen molar-refractivity contribution in [1.29, 1.82) is 5.26 Å². The SMILES string of the molecule is CC(C)(C)[S@@+]([O-])N[C@H](Cc1ccc(F)c(NC(=O)c2cc(C(F)(F)F)nn2-c2cccc(C#N)c2)c1)c1ccccc1. The quantitative estimate of drug-likeness (QED) is 0.178. The first-order valence-electron chi connectivity index (χ1n) is 12.8. The van der Waals surface area contributed by atoms with Crippen molar-refractivity contribution in [2.24, 2.45) is 0 Å². The molecule has 0 saturated carbocycles. The Morgan fingerprint density at radius 2 is 1.76 bits per heavy atom. The van der Waals surface area contributed by atoms with Crippen molar-refractivity contribution in [3.05, 3.63) is 113 Å². The standard InChI is InChI=1S/C30H27F4N5O2S/c1-29(2,3)42(41)38-24(21-9-5-4-6-10-21)15-19-12-13-23(31)25(16-19)36-28(40)26-17-27(30(32,33)34)37-39(26)22-11-7-8-20(14-22)18-35/h4-14,16-17,24,38H,15H2,1-3H3,(H,36,40)/t24-,42-/m1/s1. The van der Waals surface area contributed by atoms with E-state index in [1.165, 1.54) is 36.4 Å². The highest BCUT2D eigenvalue weighted by Gasteiger charge is 2.36. The molecule has 0 unspecified atom stereocenters. The molecular weight excluding hydrogens is 570 g/mol. The van der Waals surface area contributed by atoms with E-state index in [2.05, 4.69) is 15.1 Å². The molecule has 42 heavy (non-hydrogen) atoms. The summed E-state index contributed by atoms with van der Waals surface area (Å²) in [4.78, 5) is 13.2. The number of hydrogen-bond acceptors (Lipinski definition) is 5. The average Bonchev–Trinajstić information content (AvgIpc) is 3.41. The van der Waals surface area contributed by atoms with Crippen LogP contribution in [0.15, 0.2) is 78.9 Å². The van der Waals surface area contributed by atoms with Gasteiger partial charge in [-0.25, -0.2) is 9.07 Å². The number of anilines is 1. The third-order valence-corrected chi connectivity index (χ3v) is 7.79. The van der Waals surface area contributed by atoms with E-state index in [1.54, 1.807) is 0 Å². The predicted molar refractivity (Wildman–Crippen MR) is 152 cm³/mol. The Hall–Kier alpha value is -4.18. The van der Waals surface area contributed by atoms with Crippen molar-refractivity contribution >= 4 is 23.0 Å². The number of nitrogens with one attached hydrogen (secondary N) is 2. The Balaban J connectivity index is 1.65. The molecule has 2 atom stereocenters. The third-order valence-electron chi connectivity index (χ3n) is 6.18. The maximum absolute atomic E-state index is 14.9. The molecule has 4 aromatic rings. The zero-order valence-electron chi connectivity index (χ0n) is 22.9. The smallest absolute Gasteiger partial charge is 0.435 e. The largest absolute Gasteiger partial charge is 0.598 e. The second-order valence-electron chi connectivity index (χ2n) is 10.4. The molecule has 0 aliphatic heterocycles. The first-order chi connectivity index (χ1) is 19.8. The van der Waals surface area contributed by atoms with Gasteiger partial charge in [-0.1, -0.05) is 42.5 Å². The van der Waals surface area contributed by atoms with Crippen LogP contribution in [0.2, 0.25) is 0 Å². The van der Waals surface area contributed by atoms with Crippen LogP contribution in [0.1, 0.15) is 59.7 Å². The predicted octanol–water partition coefficient (Wildman–Crippen LogP) is 6.49. The summed E-state index contributed by atoms with van der Waals surface area (Å²) in [5.74, 6) is -1.84. The number of nitrogens with zero attached hydrogens (tertiary/aromatic N) is 3. The van der Waals surface area contributed by atoms with Gasteiger partial charge in [0.1, 0.15) is 16.3 Å². The normalized spacial score (nSPS) is 13.3. The lowest BCUT2D eigenvalue weighted by Crippen LogP contribution is -2.41. The molecular formula is C30H27F4N5O2S. The van der Waals surface area contributed by atoms with Crippen LogP contribution < -0.4 is 10.0 Å². The van der Waals surface area contributed by atoms with Crippen LogP contribution in [0.25, 0.3) is 5.69 Å². The number of amides is 1. The van der Waals surface area contributed by atoms with Crippen LogP contribution in [-0.2, 0) is 24.0 Å². The Kier molecular flexibility index (Phi) is 9.06. The number of halogens is 4. The Bertz CT molecular complexity index is 1610. The van der Waals surface area contributed by atoms with Crippen LogP contribution in [-0.4, -0.2) is 25.0 Å². The second-order valence-corrected chi connectivity index (χ2v) is 12.4. The number of carbonyl (C=O) groups excluding carboxylic acids is 1. The number of alkyl halides is 3. The van der Waals surface area contributed by atoms with Gasteiger partial charge in [-0.05, 0) is 68.7 Å². The molecule has 0 aliphatic carbocycles. The van der Waals surface area contributed by atoms with Gasteiger partial charge in [-0.2, -0.15) is 23.5 Å². The number of nitriles is 1. The van der Waals surface area contributed by atoms with Crippen LogP contribution in [0.4, 0.5) is 23.2 Å². The molecule has 3 aromatic carbocycles. The lowest BCUT2D eigenvalue weighted by Gasteiger charge is -2.28. The van der Waals surface area contributed by atoms with E-state index < -0.39 is 51.4 Å². The van der Waals surface area contributed by atoms with E-state index in [9.17, 15) is 32.2 Å². The topological polar surface area (TPSA) is 106 Å². The maximum Gasteiger partial charge on any atom is 0.435 e.